The van der Waals surface area contributed by atoms with E-state index in [9.17, 15) is 0 Å². The summed E-state index contributed by atoms with van der Waals surface area (Å²) in [6.07, 6.45) is 0. The van der Waals surface area contributed by atoms with E-state index in [4.69, 9.17) is 19.9 Å². The van der Waals surface area contributed by atoms with Crippen LogP contribution in [0.5, 0.6) is 17.2 Å². The van der Waals surface area contributed by atoms with E-state index in [1.54, 1.807) is 21.3 Å². The number of nitrogens with two attached hydrogens (primary N) is 1. The van der Waals surface area contributed by atoms with Gasteiger partial charge in [0.15, 0.2) is 0 Å². The minimum Gasteiger partial charge on any atom is -0.496 e. The Bertz CT molecular complexity index is 385. The maximum absolute atomic E-state index is 6.32. The van der Waals surface area contributed by atoms with Crippen molar-refractivity contribution in [3.63, 3.8) is 0 Å². The molecule has 0 fully saturated rings. The van der Waals surface area contributed by atoms with Gasteiger partial charge in [-0.3, -0.25) is 0 Å². The first-order valence-corrected chi connectivity index (χ1v) is 5.90. The molecule has 0 saturated carbocycles. The maximum Gasteiger partial charge on any atom is 0.131 e. The average molecular weight is 253 g/mol. The topological polar surface area (TPSA) is 53.7 Å². The molecule has 1 aromatic rings. The quantitative estimate of drug-likeness (QED) is 0.896. The van der Waals surface area contributed by atoms with Gasteiger partial charge >= 0.3 is 0 Å². The third-order valence-corrected chi connectivity index (χ3v) is 3.00. The van der Waals surface area contributed by atoms with E-state index in [-0.39, 0.29) is 11.5 Å². The van der Waals surface area contributed by atoms with Gasteiger partial charge in [0.2, 0.25) is 0 Å². The molecular formula is C14H23NO3. The first-order chi connectivity index (χ1) is 8.35. The van der Waals surface area contributed by atoms with Crippen LogP contribution in [0, 0.1) is 5.41 Å². The standard InChI is InChI=1S/C14H23NO3/c1-14(2,3)13(15)12-10(17-5)7-9(16-4)8-11(12)18-6/h7-8,13H,15H2,1-6H3/t13-/m1/s1. The molecule has 0 aliphatic carbocycles. The van der Waals surface area contributed by atoms with Crippen LogP contribution < -0.4 is 19.9 Å². The van der Waals surface area contributed by atoms with Crippen molar-refractivity contribution in [3.8, 4) is 17.2 Å². The second-order valence-electron chi connectivity index (χ2n) is 5.29. The van der Waals surface area contributed by atoms with Crippen molar-refractivity contribution in [3.05, 3.63) is 17.7 Å². The van der Waals surface area contributed by atoms with Crippen molar-refractivity contribution in [1.29, 1.82) is 0 Å². The summed E-state index contributed by atoms with van der Waals surface area (Å²) < 4.78 is 16.0. The fourth-order valence-corrected chi connectivity index (χ4v) is 1.77. The average Bonchev–Trinajstić information content (AvgIpc) is 2.34. The maximum atomic E-state index is 6.32. The van der Waals surface area contributed by atoms with Crippen molar-refractivity contribution >= 4 is 0 Å². The van der Waals surface area contributed by atoms with E-state index in [1.807, 2.05) is 12.1 Å². The van der Waals surface area contributed by atoms with Crippen LogP contribution in [0.3, 0.4) is 0 Å². The molecule has 4 heteroatoms. The van der Waals surface area contributed by atoms with Gasteiger partial charge in [-0.15, -0.1) is 0 Å². The zero-order valence-corrected chi connectivity index (χ0v) is 12.0. The van der Waals surface area contributed by atoms with Gasteiger partial charge in [0, 0.05) is 18.2 Å². The van der Waals surface area contributed by atoms with Crippen LogP contribution in [0.1, 0.15) is 32.4 Å². The van der Waals surface area contributed by atoms with E-state index in [0.29, 0.717) is 17.2 Å². The lowest BCUT2D eigenvalue weighted by atomic mass is 9.82. The molecule has 0 heterocycles. The monoisotopic (exact) mass is 253 g/mol. The predicted molar refractivity (Wildman–Crippen MR) is 72.5 cm³/mol. The molecule has 1 rings (SSSR count). The van der Waals surface area contributed by atoms with E-state index in [1.165, 1.54) is 0 Å². The van der Waals surface area contributed by atoms with Crippen molar-refractivity contribution in [2.24, 2.45) is 11.1 Å². The highest BCUT2D eigenvalue weighted by Gasteiger charge is 2.28. The molecule has 0 unspecified atom stereocenters. The zero-order chi connectivity index (χ0) is 13.9. The lowest BCUT2D eigenvalue weighted by Gasteiger charge is -2.30. The van der Waals surface area contributed by atoms with Crippen molar-refractivity contribution in [2.75, 3.05) is 21.3 Å². The Morgan fingerprint density at radius 3 is 1.67 bits per heavy atom. The summed E-state index contributed by atoms with van der Waals surface area (Å²) in [5.74, 6) is 2.07. The zero-order valence-electron chi connectivity index (χ0n) is 12.0. The molecule has 1 atom stereocenters. The number of ether oxygens (including phenoxy) is 3. The van der Waals surface area contributed by atoms with E-state index in [0.717, 1.165) is 5.56 Å². The van der Waals surface area contributed by atoms with Crippen LogP contribution in [-0.4, -0.2) is 21.3 Å². The fraction of sp³-hybridized carbons (Fsp3) is 0.571. The summed E-state index contributed by atoms with van der Waals surface area (Å²) in [4.78, 5) is 0. The minimum absolute atomic E-state index is 0.0881. The molecule has 0 aliphatic rings. The van der Waals surface area contributed by atoms with Crippen molar-refractivity contribution in [2.45, 2.75) is 26.8 Å². The van der Waals surface area contributed by atoms with Crippen molar-refractivity contribution in [1.82, 2.24) is 0 Å². The van der Waals surface area contributed by atoms with Gasteiger partial charge < -0.3 is 19.9 Å². The molecule has 0 aliphatic heterocycles. The van der Waals surface area contributed by atoms with Crippen LogP contribution in [0.4, 0.5) is 0 Å². The molecule has 0 aromatic heterocycles. The predicted octanol–water partition coefficient (Wildman–Crippen LogP) is 2.76. The van der Waals surface area contributed by atoms with Gasteiger partial charge in [-0.1, -0.05) is 20.8 Å². The largest absolute Gasteiger partial charge is 0.496 e. The molecule has 0 bridgehead atoms. The Morgan fingerprint density at radius 1 is 0.944 bits per heavy atom. The highest BCUT2D eigenvalue weighted by atomic mass is 16.5. The highest BCUT2D eigenvalue weighted by molar-refractivity contribution is 5.52. The molecular weight excluding hydrogens is 230 g/mol. The summed E-state index contributed by atoms with van der Waals surface area (Å²) in [6, 6.07) is 3.46. The molecule has 1 aromatic carbocycles. The number of benzene rings is 1. The van der Waals surface area contributed by atoms with E-state index >= 15 is 0 Å². The van der Waals surface area contributed by atoms with E-state index in [2.05, 4.69) is 20.8 Å². The Kier molecular flexibility index (Phi) is 4.46. The van der Waals surface area contributed by atoms with Gasteiger partial charge in [0.05, 0.1) is 26.9 Å². The number of hydrogen-bond donors (Lipinski definition) is 1. The molecule has 102 valence electrons. The minimum atomic E-state index is -0.187. The Labute approximate surface area is 109 Å². The third-order valence-electron chi connectivity index (χ3n) is 3.00. The molecule has 0 radical (unpaired) electrons. The summed E-state index contributed by atoms with van der Waals surface area (Å²) in [5.41, 5.74) is 7.10. The van der Waals surface area contributed by atoms with Gasteiger partial charge in [0.25, 0.3) is 0 Å². The molecule has 0 amide bonds. The first kappa shape index (κ1) is 14.6. The lowest BCUT2D eigenvalue weighted by molar-refractivity contribution is 0.298. The van der Waals surface area contributed by atoms with Gasteiger partial charge in [-0.2, -0.15) is 0 Å². The summed E-state index contributed by atoms with van der Waals surface area (Å²) >= 11 is 0. The summed E-state index contributed by atoms with van der Waals surface area (Å²) in [6.45, 7) is 6.25. The lowest BCUT2D eigenvalue weighted by Crippen LogP contribution is -2.27. The van der Waals surface area contributed by atoms with Crippen LogP contribution in [-0.2, 0) is 0 Å². The number of hydrogen-bond acceptors (Lipinski definition) is 4. The SMILES string of the molecule is COc1cc(OC)c([C@@H](N)C(C)(C)C)c(OC)c1. The Hall–Kier alpha value is -1.42. The van der Waals surface area contributed by atoms with Gasteiger partial charge in [-0.25, -0.2) is 0 Å². The molecule has 18 heavy (non-hydrogen) atoms. The molecule has 0 spiro atoms. The molecule has 2 N–H and O–H groups in total. The van der Waals surface area contributed by atoms with Crippen LogP contribution in [0.2, 0.25) is 0 Å². The molecule has 0 saturated heterocycles. The smallest absolute Gasteiger partial charge is 0.131 e. The Balaban J connectivity index is 3.40. The second-order valence-corrected chi connectivity index (χ2v) is 5.29. The van der Waals surface area contributed by atoms with Crippen LogP contribution in [0.15, 0.2) is 12.1 Å². The number of methoxy groups -OCH3 is 3. The fourth-order valence-electron chi connectivity index (χ4n) is 1.77. The summed E-state index contributed by atoms with van der Waals surface area (Å²) in [5, 5.41) is 0. The van der Waals surface area contributed by atoms with Gasteiger partial charge in [0.1, 0.15) is 17.2 Å². The Morgan fingerprint density at radius 2 is 1.39 bits per heavy atom. The van der Waals surface area contributed by atoms with Crippen LogP contribution in [0.25, 0.3) is 0 Å². The summed E-state index contributed by atoms with van der Waals surface area (Å²) in [7, 11) is 4.85. The second kappa shape index (κ2) is 5.48. The number of rotatable bonds is 4. The normalized spacial score (nSPS) is 13.1. The van der Waals surface area contributed by atoms with Gasteiger partial charge in [-0.05, 0) is 5.41 Å². The molecule has 4 nitrogen and oxygen atoms in total. The first-order valence-electron chi connectivity index (χ1n) is 5.90. The van der Waals surface area contributed by atoms with Crippen molar-refractivity contribution < 1.29 is 14.2 Å². The van der Waals surface area contributed by atoms with Crippen LogP contribution >= 0.6 is 0 Å². The third kappa shape index (κ3) is 2.88. The highest BCUT2D eigenvalue weighted by Crippen LogP contribution is 2.43. The van der Waals surface area contributed by atoms with E-state index < -0.39 is 0 Å².